The van der Waals surface area contributed by atoms with Crippen LogP contribution < -0.4 is 10.3 Å². The molecule has 1 aromatic heterocycles. The summed E-state index contributed by atoms with van der Waals surface area (Å²) in [6.07, 6.45) is 0.693. The average Bonchev–Trinajstić information content (AvgIpc) is 3.15. The van der Waals surface area contributed by atoms with Gasteiger partial charge >= 0.3 is 0 Å². The van der Waals surface area contributed by atoms with Gasteiger partial charge < -0.3 is 19.3 Å². The minimum Gasteiger partial charge on any atom is -0.450 e. The fourth-order valence-corrected chi connectivity index (χ4v) is 4.98. The zero-order chi connectivity index (χ0) is 21.9. The number of hydrogen-bond acceptors (Lipinski definition) is 5. The molecule has 0 bridgehead atoms. The van der Waals surface area contributed by atoms with Crippen molar-refractivity contribution in [3.63, 3.8) is 0 Å². The van der Waals surface area contributed by atoms with Crippen molar-refractivity contribution in [1.82, 2.24) is 4.90 Å². The van der Waals surface area contributed by atoms with E-state index in [1.165, 1.54) is 17.0 Å². The van der Waals surface area contributed by atoms with Gasteiger partial charge in [0.15, 0.2) is 11.0 Å². The van der Waals surface area contributed by atoms with Gasteiger partial charge in [0, 0.05) is 23.7 Å². The molecular weight excluding hydrogens is 420 g/mol. The Morgan fingerprint density at radius 2 is 1.87 bits per heavy atom. The Morgan fingerprint density at radius 3 is 2.61 bits per heavy atom. The van der Waals surface area contributed by atoms with Crippen molar-refractivity contribution < 1.29 is 19.1 Å². The average molecular weight is 439 g/mol. The molecule has 3 aromatic rings. The number of anilines is 1. The first-order chi connectivity index (χ1) is 15.0. The van der Waals surface area contributed by atoms with E-state index in [1.54, 1.807) is 29.2 Å². The molecule has 2 amide bonds. The highest BCUT2D eigenvalue weighted by molar-refractivity contribution is 6.31. The van der Waals surface area contributed by atoms with Crippen molar-refractivity contribution in [3.8, 4) is 0 Å². The fraction of sp³-hybridized carbons (Fsp3) is 0.261. The molecule has 1 unspecified atom stereocenters. The molecule has 3 heterocycles. The summed E-state index contributed by atoms with van der Waals surface area (Å²) < 4.78 is 5.87. The lowest BCUT2D eigenvalue weighted by Crippen LogP contribution is -2.54. The molecule has 0 radical (unpaired) electrons. The number of rotatable bonds is 4. The van der Waals surface area contributed by atoms with Gasteiger partial charge in [0.25, 0.3) is 11.8 Å². The largest absolute Gasteiger partial charge is 0.450 e. The maximum atomic E-state index is 14.0. The van der Waals surface area contributed by atoms with Crippen molar-refractivity contribution in [2.45, 2.75) is 18.9 Å². The van der Waals surface area contributed by atoms with Crippen LogP contribution in [-0.4, -0.2) is 41.5 Å². The zero-order valence-corrected chi connectivity index (χ0v) is 17.5. The maximum Gasteiger partial charge on any atom is 0.291 e. The summed E-state index contributed by atoms with van der Waals surface area (Å²) in [5, 5.41) is 10.3. The van der Waals surface area contributed by atoms with E-state index in [2.05, 4.69) is 0 Å². The Labute approximate surface area is 182 Å². The topological polar surface area (TPSA) is 91.1 Å². The molecule has 8 heteroatoms. The lowest BCUT2D eigenvalue weighted by Gasteiger charge is -2.33. The van der Waals surface area contributed by atoms with Gasteiger partial charge in [-0.15, -0.1) is 0 Å². The van der Waals surface area contributed by atoms with Gasteiger partial charge in [-0.3, -0.25) is 14.4 Å². The highest BCUT2D eigenvalue weighted by Crippen LogP contribution is 2.52. The molecule has 0 aliphatic carbocycles. The van der Waals surface area contributed by atoms with Crippen LogP contribution in [-0.2, 0) is 10.3 Å². The summed E-state index contributed by atoms with van der Waals surface area (Å²) in [6, 6.07) is 11.7. The fourth-order valence-electron chi connectivity index (χ4n) is 4.81. The number of carbonyl (C=O) groups is 2. The van der Waals surface area contributed by atoms with E-state index in [-0.39, 0.29) is 35.4 Å². The van der Waals surface area contributed by atoms with E-state index in [4.69, 9.17) is 16.0 Å². The van der Waals surface area contributed by atoms with Crippen molar-refractivity contribution >= 4 is 40.1 Å². The molecule has 158 valence electrons. The molecule has 1 spiro atoms. The third kappa shape index (κ3) is 2.41. The van der Waals surface area contributed by atoms with Crippen LogP contribution in [0.3, 0.4) is 0 Å². The minimum absolute atomic E-state index is 0.0169. The number of benzene rings is 2. The number of para-hydroxylation sites is 1. The van der Waals surface area contributed by atoms with E-state index < -0.39 is 22.8 Å². The van der Waals surface area contributed by atoms with E-state index in [0.29, 0.717) is 29.2 Å². The SMILES string of the molecule is CCCN1C(=O)C2(c3ccccc31)c1c(oc3ccc(Cl)cc3c1=O)C(=O)N2CCO. The van der Waals surface area contributed by atoms with Crippen LogP contribution in [0.15, 0.2) is 51.7 Å². The molecule has 31 heavy (non-hydrogen) atoms. The molecule has 1 atom stereocenters. The zero-order valence-electron chi connectivity index (χ0n) is 16.7. The van der Waals surface area contributed by atoms with Gasteiger partial charge in [0.2, 0.25) is 5.76 Å². The Morgan fingerprint density at radius 1 is 1.10 bits per heavy atom. The number of halogens is 1. The Bertz CT molecular complexity index is 1320. The third-order valence-corrected chi connectivity index (χ3v) is 6.20. The van der Waals surface area contributed by atoms with Crippen LogP contribution in [0.5, 0.6) is 0 Å². The van der Waals surface area contributed by atoms with E-state index in [0.717, 1.165) is 0 Å². The molecule has 0 fully saturated rings. The number of carbonyl (C=O) groups excluding carboxylic acids is 2. The molecule has 0 saturated heterocycles. The Balaban J connectivity index is 1.93. The Hall–Kier alpha value is -3.16. The highest BCUT2D eigenvalue weighted by atomic mass is 35.5. The first-order valence-electron chi connectivity index (χ1n) is 10.1. The predicted molar refractivity (Wildman–Crippen MR) is 115 cm³/mol. The number of aliphatic hydroxyl groups is 1. The standard InChI is InChI=1S/C23H19ClN2O5/c1-2-9-25-16-6-4-3-5-15(16)23(22(25)30)18-19(28)14-12-13(24)7-8-17(14)31-20(18)21(29)26(23)10-11-27/h3-8,12,27H,2,9-11H2,1H3. The molecule has 2 aliphatic rings. The van der Waals surface area contributed by atoms with Crippen LogP contribution in [0.2, 0.25) is 5.02 Å². The van der Waals surface area contributed by atoms with Crippen LogP contribution in [0.25, 0.3) is 11.0 Å². The second-order valence-corrected chi connectivity index (χ2v) is 8.08. The number of nitrogens with zero attached hydrogens (tertiary/aromatic N) is 2. The van der Waals surface area contributed by atoms with Crippen LogP contribution >= 0.6 is 11.6 Å². The number of hydrogen-bond donors (Lipinski definition) is 1. The maximum absolute atomic E-state index is 14.0. The normalized spacial score (nSPS) is 19.6. The summed E-state index contributed by atoms with van der Waals surface area (Å²) in [7, 11) is 0. The van der Waals surface area contributed by atoms with Gasteiger partial charge in [-0.2, -0.15) is 0 Å². The summed E-state index contributed by atoms with van der Waals surface area (Å²) >= 11 is 6.11. The van der Waals surface area contributed by atoms with Crippen molar-refractivity contribution in [1.29, 1.82) is 0 Å². The molecule has 7 nitrogen and oxygen atoms in total. The summed E-state index contributed by atoms with van der Waals surface area (Å²) in [6.45, 7) is 1.88. The Kier molecular flexibility index (Phi) is 4.42. The molecule has 2 aliphatic heterocycles. The first kappa shape index (κ1) is 19.8. The molecule has 5 rings (SSSR count). The lowest BCUT2D eigenvalue weighted by molar-refractivity contribution is -0.126. The van der Waals surface area contributed by atoms with E-state index in [1.807, 2.05) is 13.0 Å². The van der Waals surface area contributed by atoms with Gasteiger partial charge in [0.05, 0.1) is 23.2 Å². The van der Waals surface area contributed by atoms with E-state index in [9.17, 15) is 19.5 Å². The van der Waals surface area contributed by atoms with Crippen molar-refractivity contribution in [2.24, 2.45) is 0 Å². The quantitative estimate of drug-likeness (QED) is 0.676. The molecule has 1 N–H and O–H groups in total. The van der Waals surface area contributed by atoms with Crippen LogP contribution in [0.1, 0.15) is 35.0 Å². The monoisotopic (exact) mass is 438 g/mol. The van der Waals surface area contributed by atoms with Crippen molar-refractivity contribution in [2.75, 3.05) is 24.6 Å². The molecule has 2 aromatic carbocycles. The third-order valence-electron chi connectivity index (χ3n) is 5.97. The predicted octanol–water partition coefficient (Wildman–Crippen LogP) is 2.89. The summed E-state index contributed by atoms with van der Waals surface area (Å²) in [4.78, 5) is 44.0. The number of amides is 2. The number of fused-ring (bicyclic) bond motifs is 5. The molecule has 0 saturated carbocycles. The molecular formula is C23H19ClN2O5. The minimum atomic E-state index is -1.68. The van der Waals surface area contributed by atoms with Crippen LogP contribution in [0, 0.1) is 0 Å². The van der Waals surface area contributed by atoms with Crippen LogP contribution in [0.4, 0.5) is 5.69 Å². The van der Waals surface area contributed by atoms with Gasteiger partial charge in [-0.1, -0.05) is 36.7 Å². The van der Waals surface area contributed by atoms with Gasteiger partial charge in [-0.05, 0) is 30.7 Å². The van der Waals surface area contributed by atoms with Gasteiger partial charge in [-0.25, -0.2) is 0 Å². The smallest absolute Gasteiger partial charge is 0.291 e. The second-order valence-electron chi connectivity index (χ2n) is 7.64. The lowest BCUT2D eigenvalue weighted by atomic mass is 9.84. The number of β-amino-alcohol motifs (C(OH)–C–C–N with tert-alkyl or cyclic N) is 1. The summed E-state index contributed by atoms with van der Waals surface area (Å²) in [5.41, 5.74) is -0.790. The highest BCUT2D eigenvalue weighted by Gasteiger charge is 2.64. The van der Waals surface area contributed by atoms with Crippen molar-refractivity contribution in [3.05, 3.63) is 74.6 Å². The summed E-state index contributed by atoms with van der Waals surface area (Å²) in [5.74, 6) is -1.17. The second kappa shape index (κ2) is 6.93. The first-order valence-corrected chi connectivity index (χ1v) is 10.5. The number of aliphatic hydroxyl groups excluding tert-OH is 1. The van der Waals surface area contributed by atoms with Gasteiger partial charge in [0.1, 0.15) is 5.58 Å². The van der Waals surface area contributed by atoms with E-state index >= 15 is 0 Å².